The van der Waals surface area contributed by atoms with Gasteiger partial charge in [0.2, 0.25) is 4.77 Å². The summed E-state index contributed by atoms with van der Waals surface area (Å²) in [6.07, 6.45) is 7.91. The largest absolute Gasteiger partial charge is 0.284 e. The lowest BCUT2D eigenvalue weighted by atomic mass is 10.1. The fraction of sp³-hybridized carbons (Fsp3) is 0.375. The second kappa shape index (κ2) is 6.83. The molecule has 2 heterocycles. The van der Waals surface area contributed by atoms with E-state index in [-0.39, 0.29) is 0 Å². The predicted molar refractivity (Wildman–Crippen MR) is 88.2 cm³/mol. The summed E-state index contributed by atoms with van der Waals surface area (Å²) in [4.78, 5) is 6.82. The van der Waals surface area contributed by atoms with E-state index in [2.05, 4.69) is 27.1 Å². The van der Waals surface area contributed by atoms with E-state index in [0.717, 1.165) is 31.1 Å². The molecule has 1 fully saturated rings. The normalized spacial score (nSPS) is 16.6. The molecule has 1 saturated heterocycles. The van der Waals surface area contributed by atoms with Crippen LogP contribution in [0.3, 0.4) is 0 Å². The van der Waals surface area contributed by atoms with Gasteiger partial charge in [-0.15, -0.1) is 0 Å². The van der Waals surface area contributed by atoms with Gasteiger partial charge in [-0.2, -0.15) is 4.98 Å². The quantitative estimate of drug-likeness (QED) is 0.877. The number of aromatic amines is 1. The number of nitrogens with zero attached hydrogens (tertiary/aromatic N) is 3. The lowest BCUT2D eigenvalue weighted by molar-refractivity contribution is 0.172. The minimum atomic E-state index is 0.619. The Labute approximate surface area is 130 Å². The van der Waals surface area contributed by atoms with Crippen molar-refractivity contribution in [3.63, 3.8) is 0 Å². The molecule has 5 heteroatoms. The Hall–Kier alpha value is -1.72. The minimum Gasteiger partial charge on any atom is -0.284 e. The van der Waals surface area contributed by atoms with Crippen molar-refractivity contribution in [2.24, 2.45) is 0 Å². The van der Waals surface area contributed by atoms with E-state index in [1.54, 1.807) is 0 Å². The first-order valence-electron chi connectivity index (χ1n) is 7.43. The summed E-state index contributed by atoms with van der Waals surface area (Å²) in [6.45, 7) is 3.11. The van der Waals surface area contributed by atoms with Crippen LogP contribution in [0.15, 0.2) is 30.3 Å². The van der Waals surface area contributed by atoms with Crippen LogP contribution < -0.4 is 0 Å². The highest BCUT2D eigenvalue weighted by Gasteiger charge is 2.11. The second-order valence-electron chi connectivity index (χ2n) is 5.38. The van der Waals surface area contributed by atoms with Gasteiger partial charge in [0.1, 0.15) is 5.82 Å². The lowest BCUT2D eigenvalue weighted by Crippen LogP contribution is -2.32. The van der Waals surface area contributed by atoms with Gasteiger partial charge < -0.3 is 0 Å². The molecule has 3 rings (SSSR count). The number of H-pyrrole nitrogens is 1. The molecule has 1 aromatic heterocycles. The molecule has 1 aromatic carbocycles. The van der Waals surface area contributed by atoms with E-state index in [0.29, 0.717) is 4.77 Å². The smallest absolute Gasteiger partial charge is 0.217 e. The zero-order chi connectivity index (χ0) is 14.5. The third kappa shape index (κ3) is 3.89. The van der Waals surface area contributed by atoms with Crippen LogP contribution in [0.4, 0.5) is 0 Å². The third-order valence-corrected chi connectivity index (χ3v) is 4.03. The van der Waals surface area contributed by atoms with E-state index in [1.807, 2.05) is 35.0 Å². The van der Waals surface area contributed by atoms with Gasteiger partial charge in [-0.05, 0) is 49.8 Å². The van der Waals surface area contributed by atoms with Crippen LogP contribution >= 0.6 is 12.2 Å². The molecule has 1 aliphatic rings. The number of hydrogen-bond acceptors (Lipinski definition) is 3. The fourth-order valence-electron chi connectivity index (χ4n) is 2.59. The monoisotopic (exact) mass is 300 g/mol. The van der Waals surface area contributed by atoms with Crippen molar-refractivity contribution in [3.05, 3.63) is 46.5 Å². The van der Waals surface area contributed by atoms with Crippen molar-refractivity contribution in [2.45, 2.75) is 25.9 Å². The van der Waals surface area contributed by atoms with Gasteiger partial charge >= 0.3 is 0 Å². The molecular weight excluding hydrogens is 280 g/mol. The van der Waals surface area contributed by atoms with Gasteiger partial charge in [0.05, 0.1) is 6.67 Å². The number of benzene rings is 1. The maximum atomic E-state index is 5.33. The van der Waals surface area contributed by atoms with Gasteiger partial charge in [0.25, 0.3) is 0 Å². The number of likely N-dealkylation sites (tertiary alicyclic amines) is 1. The van der Waals surface area contributed by atoms with E-state index < -0.39 is 0 Å². The Kier molecular flexibility index (Phi) is 4.62. The number of hydrogen-bond donors (Lipinski definition) is 1. The molecule has 1 aliphatic heterocycles. The maximum absolute atomic E-state index is 5.33. The molecule has 0 radical (unpaired) electrons. The number of nitrogens with one attached hydrogen (secondary N) is 1. The fourth-order valence-corrected chi connectivity index (χ4v) is 2.79. The van der Waals surface area contributed by atoms with Gasteiger partial charge in [-0.3, -0.25) is 10.00 Å². The molecule has 110 valence electrons. The van der Waals surface area contributed by atoms with E-state index >= 15 is 0 Å². The molecule has 0 saturated carbocycles. The number of rotatable bonds is 4. The molecule has 0 bridgehead atoms. The summed E-state index contributed by atoms with van der Waals surface area (Å²) in [6, 6.07) is 10.2. The van der Waals surface area contributed by atoms with Crippen LogP contribution in [0.2, 0.25) is 0 Å². The Balaban J connectivity index is 1.69. The summed E-state index contributed by atoms with van der Waals surface area (Å²) in [5.41, 5.74) is 1.15. The average molecular weight is 300 g/mol. The highest BCUT2D eigenvalue weighted by atomic mass is 32.1. The number of aromatic nitrogens is 3. The SMILES string of the molecule is S=c1nc(C=Cc2ccccc2)[nH]n1CN1CCCCC1. The Morgan fingerprint density at radius 2 is 1.86 bits per heavy atom. The molecule has 0 unspecified atom stereocenters. The van der Waals surface area contributed by atoms with Crippen molar-refractivity contribution in [3.8, 4) is 0 Å². The van der Waals surface area contributed by atoms with Crippen LogP contribution in [0, 0.1) is 4.77 Å². The summed E-state index contributed by atoms with van der Waals surface area (Å²) in [7, 11) is 0. The molecule has 0 atom stereocenters. The van der Waals surface area contributed by atoms with Crippen molar-refractivity contribution in [1.82, 2.24) is 19.7 Å². The van der Waals surface area contributed by atoms with Crippen LogP contribution in [0.25, 0.3) is 12.2 Å². The molecule has 4 nitrogen and oxygen atoms in total. The number of piperidine rings is 1. The molecule has 2 aromatic rings. The van der Waals surface area contributed by atoms with Crippen LogP contribution in [0.5, 0.6) is 0 Å². The van der Waals surface area contributed by atoms with Crippen LogP contribution in [-0.2, 0) is 6.67 Å². The standard InChI is InChI=1S/C16H20N4S/c21-16-17-15(10-9-14-7-3-1-4-8-14)18-20(16)13-19-11-5-2-6-12-19/h1,3-4,7-10H,2,5-6,11-13H2,(H,17,18,21). The highest BCUT2D eigenvalue weighted by Crippen LogP contribution is 2.10. The predicted octanol–water partition coefficient (Wildman–Crippen LogP) is 3.55. The van der Waals surface area contributed by atoms with Crippen molar-refractivity contribution in [2.75, 3.05) is 13.1 Å². The maximum Gasteiger partial charge on any atom is 0.217 e. The first-order valence-corrected chi connectivity index (χ1v) is 7.84. The van der Waals surface area contributed by atoms with Crippen molar-refractivity contribution in [1.29, 1.82) is 0 Å². The molecule has 0 aliphatic carbocycles. The van der Waals surface area contributed by atoms with Gasteiger partial charge in [-0.25, -0.2) is 4.68 Å². The molecule has 1 N–H and O–H groups in total. The summed E-state index contributed by atoms with van der Waals surface area (Å²) in [5.74, 6) is 0.806. The summed E-state index contributed by atoms with van der Waals surface area (Å²) >= 11 is 5.33. The van der Waals surface area contributed by atoms with E-state index in [1.165, 1.54) is 19.3 Å². The minimum absolute atomic E-state index is 0.619. The highest BCUT2D eigenvalue weighted by molar-refractivity contribution is 7.71. The zero-order valence-corrected chi connectivity index (χ0v) is 12.9. The topological polar surface area (TPSA) is 36.9 Å². The average Bonchev–Trinajstić information content (AvgIpc) is 2.87. The first kappa shape index (κ1) is 14.2. The third-order valence-electron chi connectivity index (χ3n) is 3.72. The molecule has 0 amide bonds. The lowest BCUT2D eigenvalue weighted by Gasteiger charge is -2.26. The van der Waals surface area contributed by atoms with E-state index in [4.69, 9.17) is 12.2 Å². The van der Waals surface area contributed by atoms with Gasteiger partial charge in [0.15, 0.2) is 0 Å². The second-order valence-corrected chi connectivity index (χ2v) is 5.75. The summed E-state index contributed by atoms with van der Waals surface area (Å²) in [5, 5.41) is 3.27. The van der Waals surface area contributed by atoms with Crippen molar-refractivity contribution >= 4 is 24.4 Å². The van der Waals surface area contributed by atoms with Crippen LogP contribution in [-0.4, -0.2) is 32.8 Å². The Morgan fingerprint density at radius 1 is 1.10 bits per heavy atom. The Morgan fingerprint density at radius 3 is 2.62 bits per heavy atom. The van der Waals surface area contributed by atoms with Gasteiger partial charge in [0, 0.05) is 0 Å². The van der Waals surface area contributed by atoms with Crippen LogP contribution in [0.1, 0.15) is 30.7 Å². The molecule has 0 spiro atoms. The van der Waals surface area contributed by atoms with Gasteiger partial charge in [-0.1, -0.05) is 42.8 Å². The summed E-state index contributed by atoms with van der Waals surface area (Å²) < 4.78 is 2.57. The Bertz CT molecular complexity index is 650. The molecule has 21 heavy (non-hydrogen) atoms. The zero-order valence-electron chi connectivity index (χ0n) is 12.0. The van der Waals surface area contributed by atoms with E-state index in [9.17, 15) is 0 Å². The van der Waals surface area contributed by atoms with Crippen molar-refractivity contribution < 1.29 is 0 Å². The molecular formula is C16H20N4S. The first-order chi connectivity index (χ1) is 10.3.